The summed E-state index contributed by atoms with van der Waals surface area (Å²) in [6, 6.07) is 8.86. The summed E-state index contributed by atoms with van der Waals surface area (Å²) in [4.78, 5) is 7.47. The standard InChI is InChI=1S/C17H23N3/c1-3-13-6-5-7-15-12-14(4-2)17(19-16(13)15)20-10-8-18-9-11-20/h5-7,12,18H,3-4,8-11H2,1-2H3. The van der Waals surface area contributed by atoms with Crippen LogP contribution in [0, 0.1) is 0 Å². The zero-order chi connectivity index (χ0) is 13.9. The van der Waals surface area contributed by atoms with Crippen molar-refractivity contribution in [1.82, 2.24) is 10.3 Å². The van der Waals surface area contributed by atoms with Gasteiger partial charge in [0.1, 0.15) is 5.82 Å². The van der Waals surface area contributed by atoms with E-state index in [4.69, 9.17) is 4.98 Å². The van der Waals surface area contributed by atoms with Crippen molar-refractivity contribution in [1.29, 1.82) is 0 Å². The highest BCUT2D eigenvalue weighted by molar-refractivity contribution is 5.85. The lowest BCUT2D eigenvalue weighted by Crippen LogP contribution is -2.44. The molecule has 0 saturated carbocycles. The van der Waals surface area contributed by atoms with E-state index in [1.807, 2.05) is 0 Å². The van der Waals surface area contributed by atoms with Gasteiger partial charge < -0.3 is 10.2 Å². The van der Waals surface area contributed by atoms with Crippen LogP contribution in [0.15, 0.2) is 24.3 Å². The lowest BCUT2D eigenvalue weighted by Gasteiger charge is -2.30. The number of anilines is 1. The highest BCUT2D eigenvalue weighted by Gasteiger charge is 2.16. The van der Waals surface area contributed by atoms with Crippen LogP contribution in [0.2, 0.25) is 0 Å². The largest absolute Gasteiger partial charge is 0.354 e. The minimum absolute atomic E-state index is 1.04. The Bertz CT molecular complexity index is 600. The number of aromatic nitrogens is 1. The molecule has 0 spiro atoms. The van der Waals surface area contributed by atoms with Crippen molar-refractivity contribution in [2.45, 2.75) is 26.7 Å². The smallest absolute Gasteiger partial charge is 0.132 e. The molecule has 1 saturated heterocycles. The molecular formula is C17H23N3. The molecule has 0 aliphatic carbocycles. The van der Waals surface area contributed by atoms with E-state index in [2.05, 4.69) is 48.3 Å². The Morgan fingerprint density at radius 1 is 1.10 bits per heavy atom. The van der Waals surface area contributed by atoms with E-state index in [1.165, 1.54) is 27.8 Å². The Kier molecular flexibility index (Phi) is 3.88. The molecule has 0 unspecified atom stereocenters. The Hall–Kier alpha value is -1.61. The van der Waals surface area contributed by atoms with E-state index in [9.17, 15) is 0 Å². The third kappa shape index (κ3) is 2.38. The highest BCUT2D eigenvalue weighted by atomic mass is 15.2. The summed E-state index contributed by atoms with van der Waals surface area (Å²) in [7, 11) is 0. The topological polar surface area (TPSA) is 28.2 Å². The summed E-state index contributed by atoms with van der Waals surface area (Å²) >= 11 is 0. The number of nitrogens with one attached hydrogen (secondary N) is 1. The van der Waals surface area contributed by atoms with Crippen LogP contribution in [0.25, 0.3) is 10.9 Å². The fourth-order valence-corrected chi connectivity index (χ4v) is 2.99. The third-order valence-electron chi connectivity index (χ3n) is 4.16. The first-order valence-electron chi connectivity index (χ1n) is 7.70. The van der Waals surface area contributed by atoms with Gasteiger partial charge in [-0.1, -0.05) is 32.0 Å². The van der Waals surface area contributed by atoms with Crippen molar-refractivity contribution in [3.63, 3.8) is 0 Å². The van der Waals surface area contributed by atoms with Crippen molar-refractivity contribution in [2.75, 3.05) is 31.1 Å². The predicted molar refractivity (Wildman–Crippen MR) is 85.6 cm³/mol. The summed E-state index contributed by atoms with van der Waals surface area (Å²) in [6.07, 6.45) is 2.08. The van der Waals surface area contributed by atoms with E-state index in [0.717, 1.165) is 39.0 Å². The molecule has 3 nitrogen and oxygen atoms in total. The molecular weight excluding hydrogens is 246 g/mol. The molecule has 0 amide bonds. The molecule has 0 atom stereocenters. The van der Waals surface area contributed by atoms with Crippen molar-refractivity contribution in [3.8, 4) is 0 Å². The van der Waals surface area contributed by atoms with Gasteiger partial charge in [0.25, 0.3) is 0 Å². The predicted octanol–water partition coefficient (Wildman–Crippen LogP) is 2.77. The van der Waals surface area contributed by atoms with Gasteiger partial charge in [0.2, 0.25) is 0 Å². The Morgan fingerprint density at radius 2 is 1.85 bits per heavy atom. The van der Waals surface area contributed by atoms with Crippen molar-refractivity contribution in [3.05, 3.63) is 35.4 Å². The minimum atomic E-state index is 1.04. The monoisotopic (exact) mass is 269 g/mol. The van der Waals surface area contributed by atoms with Gasteiger partial charge in [-0.2, -0.15) is 0 Å². The van der Waals surface area contributed by atoms with E-state index in [0.29, 0.717) is 0 Å². The number of para-hydroxylation sites is 1. The molecule has 1 aliphatic heterocycles. The molecule has 2 heterocycles. The second kappa shape index (κ2) is 5.80. The quantitative estimate of drug-likeness (QED) is 0.928. The Labute approximate surface area is 121 Å². The number of piperazine rings is 1. The maximum absolute atomic E-state index is 5.04. The van der Waals surface area contributed by atoms with Gasteiger partial charge in [-0.3, -0.25) is 0 Å². The van der Waals surface area contributed by atoms with Crippen molar-refractivity contribution < 1.29 is 0 Å². The average Bonchev–Trinajstić information content (AvgIpc) is 2.53. The number of aryl methyl sites for hydroxylation is 2. The zero-order valence-corrected chi connectivity index (χ0v) is 12.4. The summed E-state index contributed by atoms with van der Waals surface area (Å²) in [5.74, 6) is 1.20. The molecule has 1 aromatic heterocycles. The first-order valence-corrected chi connectivity index (χ1v) is 7.70. The molecule has 106 valence electrons. The Balaban J connectivity index is 2.13. The van der Waals surface area contributed by atoms with Crippen LogP contribution in [0.5, 0.6) is 0 Å². The van der Waals surface area contributed by atoms with Crippen LogP contribution >= 0.6 is 0 Å². The van der Waals surface area contributed by atoms with Gasteiger partial charge in [-0.05, 0) is 30.0 Å². The van der Waals surface area contributed by atoms with Crippen LogP contribution in [-0.4, -0.2) is 31.2 Å². The van der Waals surface area contributed by atoms with E-state index >= 15 is 0 Å². The van der Waals surface area contributed by atoms with Crippen LogP contribution in [0.3, 0.4) is 0 Å². The number of benzene rings is 1. The summed E-state index contributed by atoms with van der Waals surface area (Å²) in [5, 5.41) is 4.69. The first kappa shape index (κ1) is 13.4. The fourth-order valence-electron chi connectivity index (χ4n) is 2.99. The molecule has 2 aromatic rings. The van der Waals surface area contributed by atoms with Crippen LogP contribution in [0.4, 0.5) is 5.82 Å². The first-order chi connectivity index (χ1) is 9.83. The van der Waals surface area contributed by atoms with Gasteiger partial charge in [-0.15, -0.1) is 0 Å². The SMILES string of the molecule is CCc1cc2cccc(CC)c2nc1N1CCNCC1. The molecule has 1 N–H and O–H groups in total. The molecule has 20 heavy (non-hydrogen) atoms. The van der Waals surface area contributed by atoms with Gasteiger partial charge in [0.15, 0.2) is 0 Å². The summed E-state index contributed by atoms with van der Waals surface area (Å²) in [6.45, 7) is 8.64. The highest BCUT2D eigenvalue weighted by Crippen LogP contribution is 2.26. The van der Waals surface area contributed by atoms with Gasteiger partial charge in [0.05, 0.1) is 5.52 Å². The number of fused-ring (bicyclic) bond motifs is 1. The molecule has 0 bridgehead atoms. The molecule has 1 aliphatic rings. The molecule has 3 rings (SSSR count). The lowest BCUT2D eigenvalue weighted by atomic mass is 10.0. The maximum Gasteiger partial charge on any atom is 0.132 e. The molecule has 0 radical (unpaired) electrons. The van der Waals surface area contributed by atoms with Crippen LogP contribution < -0.4 is 10.2 Å². The zero-order valence-electron chi connectivity index (χ0n) is 12.4. The molecule has 1 aromatic carbocycles. The summed E-state index contributed by atoms with van der Waals surface area (Å²) < 4.78 is 0. The minimum Gasteiger partial charge on any atom is -0.354 e. The second-order valence-electron chi connectivity index (χ2n) is 5.40. The van der Waals surface area contributed by atoms with Crippen molar-refractivity contribution >= 4 is 16.7 Å². The maximum atomic E-state index is 5.04. The number of nitrogens with zero attached hydrogens (tertiary/aromatic N) is 2. The molecule has 1 fully saturated rings. The normalized spacial score (nSPS) is 15.8. The van der Waals surface area contributed by atoms with E-state index in [1.54, 1.807) is 0 Å². The summed E-state index contributed by atoms with van der Waals surface area (Å²) in [5.41, 5.74) is 3.90. The number of pyridine rings is 1. The van der Waals surface area contributed by atoms with Gasteiger partial charge in [0, 0.05) is 31.6 Å². The lowest BCUT2D eigenvalue weighted by molar-refractivity contribution is 0.584. The Morgan fingerprint density at radius 3 is 2.55 bits per heavy atom. The number of hydrogen-bond acceptors (Lipinski definition) is 3. The fraction of sp³-hybridized carbons (Fsp3) is 0.471. The van der Waals surface area contributed by atoms with Gasteiger partial charge >= 0.3 is 0 Å². The number of hydrogen-bond donors (Lipinski definition) is 1. The van der Waals surface area contributed by atoms with Gasteiger partial charge in [-0.25, -0.2) is 4.98 Å². The molecule has 3 heteroatoms. The number of rotatable bonds is 3. The van der Waals surface area contributed by atoms with E-state index < -0.39 is 0 Å². The van der Waals surface area contributed by atoms with Crippen LogP contribution in [-0.2, 0) is 12.8 Å². The average molecular weight is 269 g/mol. The second-order valence-corrected chi connectivity index (χ2v) is 5.40. The van der Waals surface area contributed by atoms with Crippen LogP contribution in [0.1, 0.15) is 25.0 Å². The third-order valence-corrected chi connectivity index (χ3v) is 4.16. The van der Waals surface area contributed by atoms with Crippen molar-refractivity contribution in [2.24, 2.45) is 0 Å². The van der Waals surface area contributed by atoms with E-state index in [-0.39, 0.29) is 0 Å².